The van der Waals surface area contributed by atoms with Gasteiger partial charge in [0.15, 0.2) is 0 Å². The molecule has 112 valence electrons. The van der Waals surface area contributed by atoms with Crippen molar-refractivity contribution in [2.75, 3.05) is 0 Å². The zero-order chi connectivity index (χ0) is 14.9. The normalized spacial score (nSPS) is 24.1. The Morgan fingerprint density at radius 3 is 2.65 bits per heavy atom. The van der Waals surface area contributed by atoms with E-state index in [1.165, 1.54) is 6.07 Å². The van der Waals surface area contributed by atoms with Crippen molar-refractivity contribution in [3.8, 4) is 5.75 Å². The Morgan fingerprint density at radius 1 is 1.40 bits per heavy atom. The van der Waals surface area contributed by atoms with Crippen molar-refractivity contribution in [3.05, 3.63) is 28.5 Å². The maximum atomic E-state index is 13.4. The average molecular weight is 364 g/mol. The van der Waals surface area contributed by atoms with E-state index in [1.54, 1.807) is 12.1 Å². The fraction of sp³-hybridized carbons (Fsp3) is 0.571. The molecule has 3 atom stereocenters. The molecule has 6 heteroatoms. The summed E-state index contributed by atoms with van der Waals surface area (Å²) in [5.41, 5.74) is 0. The maximum Gasteiger partial charge on any atom is 0.141 e. The van der Waals surface area contributed by atoms with Gasteiger partial charge in [0.25, 0.3) is 0 Å². The van der Waals surface area contributed by atoms with Gasteiger partial charge in [-0.15, -0.1) is 4.72 Å². The first-order valence-electron chi connectivity index (χ1n) is 6.58. The van der Waals surface area contributed by atoms with Crippen LogP contribution >= 0.6 is 15.9 Å². The predicted octanol–water partition coefficient (Wildman–Crippen LogP) is 3.55. The first-order chi connectivity index (χ1) is 9.29. The van der Waals surface area contributed by atoms with Gasteiger partial charge in [-0.05, 0) is 61.7 Å². The van der Waals surface area contributed by atoms with Gasteiger partial charge in [-0.1, -0.05) is 6.07 Å². The van der Waals surface area contributed by atoms with E-state index >= 15 is 0 Å². The van der Waals surface area contributed by atoms with Gasteiger partial charge in [-0.25, -0.2) is 4.39 Å². The van der Waals surface area contributed by atoms with Crippen LogP contribution in [0.4, 0.5) is 4.39 Å². The molecule has 3 nitrogen and oxygen atoms in total. The minimum atomic E-state index is -1.12. The van der Waals surface area contributed by atoms with Gasteiger partial charge < -0.3 is 9.29 Å². The third-order valence-corrected chi connectivity index (χ3v) is 5.62. The Kier molecular flexibility index (Phi) is 5.00. The van der Waals surface area contributed by atoms with E-state index in [-0.39, 0.29) is 22.7 Å². The van der Waals surface area contributed by atoms with Crippen LogP contribution in [0.5, 0.6) is 5.75 Å². The predicted molar refractivity (Wildman–Crippen MR) is 82.6 cm³/mol. The molecule has 0 spiro atoms. The number of ether oxygens (including phenoxy) is 1. The second-order valence-electron chi connectivity index (χ2n) is 5.89. The van der Waals surface area contributed by atoms with Crippen LogP contribution in [-0.4, -0.2) is 21.4 Å². The van der Waals surface area contributed by atoms with E-state index in [0.717, 1.165) is 12.8 Å². The Labute approximate surface area is 130 Å². The summed E-state index contributed by atoms with van der Waals surface area (Å²) in [7, 11) is 0. The van der Waals surface area contributed by atoms with E-state index < -0.39 is 11.4 Å². The molecule has 1 N–H and O–H groups in total. The molecule has 20 heavy (non-hydrogen) atoms. The highest BCUT2D eigenvalue weighted by atomic mass is 79.9. The monoisotopic (exact) mass is 363 g/mol. The van der Waals surface area contributed by atoms with Gasteiger partial charge in [-0.2, -0.15) is 0 Å². The zero-order valence-electron chi connectivity index (χ0n) is 11.8. The summed E-state index contributed by atoms with van der Waals surface area (Å²) in [6.45, 7) is 5.77. The van der Waals surface area contributed by atoms with Gasteiger partial charge in [0.05, 0.1) is 10.5 Å². The lowest BCUT2D eigenvalue weighted by molar-refractivity contribution is 0.0832. The molecule has 0 saturated heterocycles. The van der Waals surface area contributed by atoms with Crippen molar-refractivity contribution < 1.29 is 13.7 Å². The summed E-state index contributed by atoms with van der Waals surface area (Å²) >= 11 is 2.06. The molecule has 0 bridgehead atoms. The molecule has 1 aliphatic carbocycles. The molecule has 0 radical (unpaired) electrons. The Morgan fingerprint density at radius 2 is 2.10 bits per heavy atom. The number of hydrogen-bond acceptors (Lipinski definition) is 3. The van der Waals surface area contributed by atoms with Crippen molar-refractivity contribution in [2.24, 2.45) is 0 Å². The second kappa shape index (κ2) is 6.22. The summed E-state index contributed by atoms with van der Waals surface area (Å²) in [5, 5.41) is 0. The third-order valence-electron chi connectivity index (χ3n) is 3.22. The van der Waals surface area contributed by atoms with Gasteiger partial charge in [-0.3, -0.25) is 0 Å². The van der Waals surface area contributed by atoms with Crippen LogP contribution in [0.15, 0.2) is 22.7 Å². The van der Waals surface area contributed by atoms with Crippen LogP contribution in [0.25, 0.3) is 0 Å². The summed E-state index contributed by atoms with van der Waals surface area (Å²) in [5.74, 6) is 0.146. The molecule has 0 heterocycles. The molecular weight excluding hydrogens is 345 g/mol. The average Bonchev–Trinajstić information content (AvgIpc) is 2.34. The molecule has 1 fully saturated rings. The highest BCUT2D eigenvalue weighted by molar-refractivity contribution is 9.10. The maximum absolute atomic E-state index is 13.4. The summed E-state index contributed by atoms with van der Waals surface area (Å²) in [4.78, 5) is 0. The number of benzene rings is 1. The Bertz CT molecular complexity index is 481. The van der Waals surface area contributed by atoms with Crippen LogP contribution in [0.2, 0.25) is 0 Å². The Balaban J connectivity index is 1.96. The van der Waals surface area contributed by atoms with E-state index in [1.807, 2.05) is 20.8 Å². The summed E-state index contributed by atoms with van der Waals surface area (Å²) in [6, 6.07) is 4.76. The molecule has 0 amide bonds. The number of nitrogens with one attached hydrogen (secondary N) is 1. The van der Waals surface area contributed by atoms with Gasteiger partial charge in [0.1, 0.15) is 22.4 Å². The standard InChI is InChI=1S/C14H19BrFNO2S/c1-14(2,3)20(18)17-10-7-8-11(10)19-12-6-4-5-9(16)13(12)15/h4-6,10-11,17H,7-8H2,1-3H3/t10-,11+,20?/m0/s1. The van der Waals surface area contributed by atoms with Crippen molar-refractivity contribution in [2.45, 2.75) is 50.5 Å². The molecular formula is C14H19BrFNO2S. The fourth-order valence-corrected chi connectivity index (χ4v) is 3.05. The zero-order valence-corrected chi connectivity index (χ0v) is 14.2. The first-order valence-corrected chi connectivity index (χ1v) is 8.52. The quantitative estimate of drug-likeness (QED) is 0.831. The van der Waals surface area contributed by atoms with Crippen molar-refractivity contribution >= 4 is 27.3 Å². The van der Waals surface area contributed by atoms with E-state index in [9.17, 15) is 8.94 Å². The van der Waals surface area contributed by atoms with Crippen LogP contribution in [0.1, 0.15) is 33.6 Å². The fourth-order valence-electron chi connectivity index (χ4n) is 1.80. The number of rotatable bonds is 4. The number of halogens is 2. The van der Waals surface area contributed by atoms with Crippen LogP contribution in [0.3, 0.4) is 0 Å². The highest BCUT2D eigenvalue weighted by Gasteiger charge is 2.39. The topological polar surface area (TPSA) is 44.3 Å². The molecule has 0 aliphatic heterocycles. The molecule has 1 aliphatic rings. The van der Waals surface area contributed by atoms with Crippen LogP contribution in [-0.2, 0) is 11.4 Å². The van der Waals surface area contributed by atoms with Crippen LogP contribution in [0, 0.1) is 5.82 Å². The highest BCUT2D eigenvalue weighted by Crippen LogP contribution is 2.33. The van der Waals surface area contributed by atoms with E-state index in [2.05, 4.69) is 20.7 Å². The third kappa shape index (κ3) is 3.67. The molecule has 1 saturated carbocycles. The lowest BCUT2D eigenvalue weighted by atomic mass is 9.90. The summed E-state index contributed by atoms with van der Waals surface area (Å²) in [6.07, 6.45) is 1.72. The Hall–Kier alpha value is -0.300. The molecule has 1 aromatic rings. The number of hydrogen-bond donors (Lipinski definition) is 1. The van der Waals surface area contributed by atoms with E-state index in [0.29, 0.717) is 10.2 Å². The van der Waals surface area contributed by atoms with Crippen molar-refractivity contribution in [1.29, 1.82) is 0 Å². The lowest BCUT2D eigenvalue weighted by Crippen LogP contribution is -2.56. The molecule has 1 aromatic carbocycles. The first kappa shape index (κ1) is 16.1. The minimum Gasteiger partial charge on any atom is -0.598 e. The van der Waals surface area contributed by atoms with Crippen molar-refractivity contribution in [1.82, 2.24) is 4.72 Å². The molecule has 0 aromatic heterocycles. The van der Waals surface area contributed by atoms with Gasteiger partial charge >= 0.3 is 0 Å². The lowest BCUT2D eigenvalue weighted by Gasteiger charge is -2.38. The molecule has 1 unspecified atom stereocenters. The smallest absolute Gasteiger partial charge is 0.141 e. The van der Waals surface area contributed by atoms with Crippen LogP contribution < -0.4 is 9.46 Å². The van der Waals surface area contributed by atoms with Gasteiger partial charge in [0.2, 0.25) is 0 Å². The SMILES string of the molecule is CC(C)(C)[S+]([O-])N[C@H]1CC[C@H]1Oc1cccc(F)c1Br. The van der Waals surface area contributed by atoms with Crippen molar-refractivity contribution in [3.63, 3.8) is 0 Å². The molecule has 2 rings (SSSR count). The van der Waals surface area contributed by atoms with E-state index in [4.69, 9.17) is 4.74 Å². The van der Waals surface area contributed by atoms with Gasteiger partial charge in [0, 0.05) is 11.4 Å². The summed E-state index contributed by atoms with van der Waals surface area (Å²) < 4.78 is 34.4. The minimum absolute atomic E-state index is 0.0465. The largest absolute Gasteiger partial charge is 0.598 e. The second-order valence-corrected chi connectivity index (χ2v) is 8.68.